The van der Waals surface area contributed by atoms with E-state index in [1.54, 1.807) is 33.9 Å². The molecular weight excluding hydrogens is 415 g/mol. The van der Waals surface area contributed by atoms with Gasteiger partial charge in [0.2, 0.25) is 0 Å². The third-order valence-corrected chi connectivity index (χ3v) is 5.49. The first kappa shape index (κ1) is 22.1. The zero-order valence-electron chi connectivity index (χ0n) is 17.0. The number of esters is 1. The molecule has 0 unspecified atom stereocenters. The molecule has 0 saturated heterocycles. The Morgan fingerprint density at radius 3 is 2.30 bits per heavy atom. The van der Waals surface area contributed by atoms with Crippen molar-refractivity contribution in [1.29, 1.82) is 0 Å². The van der Waals surface area contributed by atoms with Gasteiger partial charge in [-0.05, 0) is 63.2 Å². The summed E-state index contributed by atoms with van der Waals surface area (Å²) in [4.78, 5) is 13.6. The average Bonchev–Trinajstić information content (AvgIpc) is 2.89. The molecule has 0 aliphatic carbocycles. The van der Waals surface area contributed by atoms with Crippen molar-refractivity contribution in [3.05, 3.63) is 59.3 Å². The number of aryl methyl sites for hydroxylation is 1. The molecule has 8 heteroatoms. The van der Waals surface area contributed by atoms with E-state index in [0.29, 0.717) is 27.3 Å². The number of rotatable bonds is 4. The van der Waals surface area contributed by atoms with Crippen LogP contribution in [0.2, 0.25) is 0 Å². The van der Waals surface area contributed by atoms with E-state index in [1.807, 2.05) is 4.57 Å². The molecule has 0 aliphatic rings. The summed E-state index contributed by atoms with van der Waals surface area (Å²) in [5.41, 5.74) is 0.346. The molecule has 3 rings (SSSR count). The van der Waals surface area contributed by atoms with Crippen molar-refractivity contribution < 1.29 is 27.8 Å². The number of aromatic nitrogens is 1. The fraction of sp³-hybridized carbons (Fsp3) is 0.318. The molecule has 3 aromatic rings. The average molecular weight is 437 g/mol. The van der Waals surface area contributed by atoms with E-state index in [1.165, 1.54) is 36.0 Å². The fourth-order valence-corrected chi connectivity index (χ4v) is 4.07. The van der Waals surface area contributed by atoms with E-state index in [2.05, 4.69) is 0 Å². The summed E-state index contributed by atoms with van der Waals surface area (Å²) in [6, 6.07) is 9.66. The molecule has 0 spiro atoms. The Bertz CT molecular complexity index is 1080. The van der Waals surface area contributed by atoms with E-state index in [4.69, 9.17) is 4.74 Å². The predicted molar refractivity (Wildman–Crippen MR) is 111 cm³/mol. The molecule has 0 bridgehead atoms. The second kappa shape index (κ2) is 7.91. The second-order valence-corrected chi connectivity index (χ2v) is 8.94. The number of phenolic OH excluding ortho intramolecular Hbond substituents is 1. The van der Waals surface area contributed by atoms with Gasteiger partial charge in [-0.25, -0.2) is 4.79 Å². The van der Waals surface area contributed by atoms with Crippen molar-refractivity contribution in [1.82, 2.24) is 4.57 Å². The number of carbonyl (C=O) groups excluding carboxylic acids is 1. The number of ether oxygens (including phenoxy) is 1. The number of hydrogen-bond acceptors (Lipinski definition) is 4. The summed E-state index contributed by atoms with van der Waals surface area (Å²) in [5, 5.41) is 10.5. The van der Waals surface area contributed by atoms with Crippen molar-refractivity contribution in [2.24, 2.45) is 7.05 Å². The number of hydrogen-bond donors (Lipinski definition) is 1. The summed E-state index contributed by atoms with van der Waals surface area (Å²) in [5.74, 6) is -0.145. The van der Waals surface area contributed by atoms with Crippen molar-refractivity contribution in [2.75, 3.05) is 0 Å². The molecule has 0 atom stereocenters. The second-order valence-electron chi connectivity index (χ2n) is 7.89. The van der Waals surface area contributed by atoms with Gasteiger partial charge in [0.05, 0.1) is 11.1 Å². The number of halogens is 3. The smallest absolute Gasteiger partial charge is 0.416 e. The van der Waals surface area contributed by atoms with Gasteiger partial charge in [0.1, 0.15) is 11.4 Å². The molecule has 30 heavy (non-hydrogen) atoms. The molecule has 1 N–H and O–H groups in total. The third kappa shape index (κ3) is 4.75. The van der Waals surface area contributed by atoms with Gasteiger partial charge in [-0.15, -0.1) is 11.8 Å². The number of fused-ring (bicyclic) bond motifs is 1. The lowest BCUT2D eigenvalue weighted by atomic mass is 10.1. The molecule has 160 valence electrons. The van der Waals surface area contributed by atoms with Crippen LogP contribution in [0.4, 0.5) is 13.2 Å². The maximum atomic E-state index is 12.9. The molecule has 0 amide bonds. The summed E-state index contributed by atoms with van der Waals surface area (Å²) >= 11 is 1.32. The first-order valence-corrected chi connectivity index (χ1v) is 10.2. The van der Waals surface area contributed by atoms with Crippen LogP contribution in [0.5, 0.6) is 5.75 Å². The van der Waals surface area contributed by atoms with Crippen molar-refractivity contribution in [2.45, 2.75) is 43.2 Å². The van der Waals surface area contributed by atoms with Crippen LogP contribution in [0.25, 0.3) is 10.9 Å². The zero-order valence-corrected chi connectivity index (χ0v) is 17.8. The van der Waals surface area contributed by atoms with Crippen LogP contribution in [-0.2, 0) is 23.7 Å². The van der Waals surface area contributed by atoms with Gasteiger partial charge in [-0.3, -0.25) is 0 Å². The standard InChI is InChI=1S/C22H22F3NO3S/c1-21(2,3)29-20(28)19-16-11-14(27)7-10-17(16)26(4)18(19)12-30-15-8-5-13(6-9-15)22(23,24)25/h5-11,27H,12H2,1-4H3. The summed E-state index contributed by atoms with van der Waals surface area (Å²) in [7, 11) is 1.80. The van der Waals surface area contributed by atoms with E-state index in [-0.39, 0.29) is 5.75 Å². The predicted octanol–water partition coefficient (Wildman–Crippen LogP) is 6.15. The van der Waals surface area contributed by atoms with Gasteiger partial charge in [-0.1, -0.05) is 0 Å². The Morgan fingerprint density at radius 2 is 1.73 bits per heavy atom. The van der Waals surface area contributed by atoms with E-state index >= 15 is 0 Å². The number of alkyl halides is 3. The number of phenols is 1. The minimum atomic E-state index is -4.38. The number of nitrogens with zero attached hydrogens (tertiary/aromatic N) is 1. The molecule has 1 heterocycles. The van der Waals surface area contributed by atoms with Gasteiger partial charge in [0.25, 0.3) is 0 Å². The largest absolute Gasteiger partial charge is 0.508 e. The first-order valence-electron chi connectivity index (χ1n) is 9.20. The van der Waals surface area contributed by atoms with Crippen LogP contribution in [-0.4, -0.2) is 21.2 Å². The van der Waals surface area contributed by atoms with E-state index in [0.717, 1.165) is 17.6 Å². The lowest BCUT2D eigenvalue weighted by Gasteiger charge is -2.20. The van der Waals surface area contributed by atoms with Crippen molar-refractivity contribution in [3.8, 4) is 5.75 Å². The summed E-state index contributed by atoms with van der Waals surface area (Å²) < 4.78 is 45.7. The topological polar surface area (TPSA) is 51.5 Å². The van der Waals surface area contributed by atoms with Gasteiger partial charge >= 0.3 is 12.1 Å². The third-order valence-electron chi connectivity index (χ3n) is 4.46. The van der Waals surface area contributed by atoms with Crippen LogP contribution < -0.4 is 0 Å². The maximum Gasteiger partial charge on any atom is 0.416 e. The lowest BCUT2D eigenvalue weighted by molar-refractivity contribution is -0.137. The first-order chi connectivity index (χ1) is 13.9. The normalized spacial score (nSPS) is 12.4. The SMILES string of the molecule is Cn1c(CSc2ccc(C(F)(F)F)cc2)c(C(=O)OC(C)(C)C)c2cc(O)ccc21. The van der Waals surface area contributed by atoms with Crippen LogP contribution in [0.15, 0.2) is 47.4 Å². The summed E-state index contributed by atoms with van der Waals surface area (Å²) in [6.45, 7) is 5.30. The lowest BCUT2D eigenvalue weighted by Crippen LogP contribution is -2.24. The molecular formula is C22H22F3NO3S. The van der Waals surface area contributed by atoms with Gasteiger partial charge in [0.15, 0.2) is 0 Å². The fourth-order valence-electron chi connectivity index (χ4n) is 3.10. The molecule has 0 aliphatic heterocycles. The molecule has 1 aromatic heterocycles. The summed E-state index contributed by atoms with van der Waals surface area (Å²) in [6.07, 6.45) is -4.38. The quantitative estimate of drug-likeness (QED) is 0.393. The van der Waals surface area contributed by atoms with E-state index in [9.17, 15) is 23.1 Å². The van der Waals surface area contributed by atoms with Crippen LogP contribution in [0.1, 0.15) is 42.4 Å². The van der Waals surface area contributed by atoms with Crippen LogP contribution in [0.3, 0.4) is 0 Å². The Kier molecular flexibility index (Phi) is 5.82. The highest BCUT2D eigenvalue weighted by atomic mass is 32.2. The van der Waals surface area contributed by atoms with Gasteiger partial charge in [-0.2, -0.15) is 13.2 Å². The number of benzene rings is 2. The molecule has 2 aromatic carbocycles. The number of carbonyl (C=O) groups is 1. The minimum absolute atomic E-state index is 0.0276. The van der Waals surface area contributed by atoms with Crippen molar-refractivity contribution >= 4 is 28.6 Å². The Hall–Kier alpha value is -2.61. The number of thioether (sulfide) groups is 1. The molecule has 0 radical (unpaired) electrons. The Morgan fingerprint density at radius 1 is 1.10 bits per heavy atom. The molecule has 4 nitrogen and oxygen atoms in total. The van der Waals surface area contributed by atoms with Crippen LogP contribution >= 0.6 is 11.8 Å². The highest BCUT2D eigenvalue weighted by Crippen LogP contribution is 2.35. The van der Waals surface area contributed by atoms with Gasteiger partial charge < -0.3 is 14.4 Å². The monoisotopic (exact) mass is 437 g/mol. The van der Waals surface area contributed by atoms with E-state index < -0.39 is 23.3 Å². The maximum absolute atomic E-state index is 12.9. The molecule has 0 saturated carbocycles. The van der Waals surface area contributed by atoms with Crippen LogP contribution in [0, 0.1) is 0 Å². The molecule has 0 fully saturated rings. The Balaban J connectivity index is 1.97. The highest BCUT2D eigenvalue weighted by Gasteiger charge is 2.30. The van der Waals surface area contributed by atoms with Crippen molar-refractivity contribution in [3.63, 3.8) is 0 Å². The van der Waals surface area contributed by atoms with Gasteiger partial charge in [0, 0.05) is 34.3 Å². The number of aromatic hydroxyl groups is 1. The zero-order chi connectivity index (χ0) is 22.3. The Labute approximate surface area is 176 Å². The minimum Gasteiger partial charge on any atom is -0.508 e. The highest BCUT2D eigenvalue weighted by molar-refractivity contribution is 7.98.